The van der Waals surface area contributed by atoms with Crippen molar-refractivity contribution in [3.63, 3.8) is 0 Å². The third-order valence-corrected chi connectivity index (χ3v) is 9.67. The number of ketones is 3. The van der Waals surface area contributed by atoms with Crippen molar-refractivity contribution in [1.29, 1.82) is 0 Å². The first-order valence-electron chi connectivity index (χ1n) is 11.9. The van der Waals surface area contributed by atoms with Crippen LogP contribution >= 0.6 is 0 Å². The molecule has 6 atom stereocenters. The van der Waals surface area contributed by atoms with Gasteiger partial charge in [0.2, 0.25) is 11.6 Å². The van der Waals surface area contributed by atoms with Crippen LogP contribution < -0.4 is 0 Å². The van der Waals surface area contributed by atoms with Gasteiger partial charge in [-0.25, -0.2) is 0 Å². The number of benzene rings is 1. The molecule has 1 aromatic rings. The minimum absolute atomic E-state index is 0.0558. The molecule has 3 aliphatic carbocycles. The Morgan fingerprint density at radius 1 is 1.06 bits per heavy atom. The molecule has 0 radical (unpaired) electrons. The summed E-state index contributed by atoms with van der Waals surface area (Å²) in [6, 6.07) is 4.96. The first kappa shape index (κ1) is 24.4. The van der Waals surface area contributed by atoms with E-state index in [0.717, 1.165) is 0 Å². The Morgan fingerprint density at radius 3 is 2.18 bits per heavy atom. The molecule has 4 rings (SSSR count). The number of aliphatic hydroxyl groups is 2. The lowest BCUT2D eigenvalue weighted by atomic mass is 9.37. The van der Waals surface area contributed by atoms with Crippen molar-refractivity contribution in [1.82, 2.24) is 0 Å². The summed E-state index contributed by atoms with van der Waals surface area (Å²) in [6.07, 6.45) is 0. The summed E-state index contributed by atoms with van der Waals surface area (Å²) in [4.78, 5) is 40.7. The normalized spacial score (nSPS) is 37.5. The van der Waals surface area contributed by atoms with E-state index in [2.05, 4.69) is 0 Å². The van der Waals surface area contributed by atoms with Crippen LogP contribution in [-0.2, 0) is 14.4 Å². The standard InChI is InChI=1S/C28H34O6/c1-12(2)21-13(3)19(15(5)29)24(32)28(34)25(33)22-23(31)20-17(10-9-11-18(20)30)14(4)26(22,7)16(6)27(21,28)8/h9-12,14,16,21,30-31,34H,1-8H3/t14-,16-,21+,26-,27-,28+/m0/s1. The second-order valence-electron chi connectivity index (χ2n) is 11.2. The number of fused-ring (bicyclic) bond motifs is 3. The zero-order chi connectivity index (χ0) is 25.7. The van der Waals surface area contributed by atoms with Crippen molar-refractivity contribution >= 4 is 23.1 Å². The molecule has 0 aromatic heterocycles. The minimum Gasteiger partial charge on any atom is -0.507 e. The molecule has 0 amide bonds. The second kappa shape index (κ2) is 7.14. The second-order valence-corrected chi connectivity index (χ2v) is 11.2. The predicted molar refractivity (Wildman–Crippen MR) is 128 cm³/mol. The van der Waals surface area contributed by atoms with Gasteiger partial charge in [-0.3, -0.25) is 14.4 Å². The van der Waals surface area contributed by atoms with Gasteiger partial charge >= 0.3 is 0 Å². The van der Waals surface area contributed by atoms with Crippen LogP contribution in [-0.4, -0.2) is 38.3 Å². The SMILES string of the molecule is CC(=O)C1=C(C)[C@@H](C(C)C)[C@]2(C)[C@@H](C)[C@@]3(C)C(=C(O)c4c(O)cccc4[C@@H]3C)C(=O)[C@]2(O)C1=O. The zero-order valence-corrected chi connectivity index (χ0v) is 21.1. The number of phenols is 1. The average Bonchev–Trinajstić information content (AvgIpc) is 2.73. The van der Waals surface area contributed by atoms with E-state index in [1.807, 2.05) is 40.7 Å². The van der Waals surface area contributed by atoms with E-state index in [1.165, 1.54) is 13.0 Å². The maximum atomic E-state index is 14.3. The first-order chi connectivity index (χ1) is 15.6. The molecular weight excluding hydrogens is 432 g/mol. The van der Waals surface area contributed by atoms with Crippen LogP contribution in [0.1, 0.15) is 72.4 Å². The lowest BCUT2D eigenvalue weighted by Gasteiger charge is -2.65. The largest absolute Gasteiger partial charge is 0.507 e. The van der Waals surface area contributed by atoms with Crippen LogP contribution in [0.3, 0.4) is 0 Å². The minimum atomic E-state index is -2.52. The fourth-order valence-electron chi connectivity index (χ4n) is 7.84. The van der Waals surface area contributed by atoms with E-state index >= 15 is 0 Å². The molecule has 0 saturated heterocycles. The topological polar surface area (TPSA) is 112 Å². The fourth-order valence-corrected chi connectivity index (χ4v) is 7.84. The van der Waals surface area contributed by atoms with Crippen molar-refractivity contribution in [2.24, 2.45) is 28.6 Å². The summed E-state index contributed by atoms with van der Waals surface area (Å²) in [5.74, 6) is -4.11. The molecule has 0 aliphatic heterocycles. The molecule has 0 unspecified atom stereocenters. The number of Topliss-reactive ketones (excluding diaryl/α,β-unsaturated/α-hetero) is 3. The number of carbonyl (C=O) groups is 3. The summed E-state index contributed by atoms with van der Waals surface area (Å²) in [5.41, 5.74) is -3.43. The van der Waals surface area contributed by atoms with Crippen LogP contribution in [0.5, 0.6) is 5.75 Å². The molecule has 1 fully saturated rings. The number of rotatable bonds is 2. The van der Waals surface area contributed by atoms with Gasteiger partial charge in [-0.2, -0.15) is 0 Å². The molecule has 1 saturated carbocycles. The van der Waals surface area contributed by atoms with E-state index < -0.39 is 51.4 Å². The number of phenolic OH excluding ortho intramolecular Hbond substituents is 1. The highest BCUT2D eigenvalue weighted by Gasteiger charge is 2.75. The van der Waals surface area contributed by atoms with Gasteiger partial charge < -0.3 is 15.3 Å². The molecule has 3 aliphatic rings. The number of hydrogen-bond donors (Lipinski definition) is 3. The summed E-state index contributed by atoms with van der Waals surface area (Å²) >= 11 is 0. The molecule has 1 aromatic carbocycles. The average molecular weight is 467 g/mol. The third-order valence-electron chi connectivity index (χ3n) is 9.67. The van der Waals surface area contributed by atoms with Crippen molar-refractivity contribution in [3.05, 3.63) is 46.0 Å². The zero-order valence-electron chi connectivity index (χ0n) is 21.1. The maximum Gasteiger partial charge on any atom is 0.206 e. The van der Waals surface area contributed by atoms with Gasteiger partial charge in [0, 0.05) is 16.4 Å². The van der Waals surface area contributed by atoms with Crippen LogP contribution in [0.4, 0.5) is 0 Å². The van der Waals surface area contributed by atoms with Gasteiger partial charge in [-0.05, 0) is 49.1 Å². The molecule has 6 heteroatoms. The van der Waals surface area contributed by atoms with Crippen molar-refractivity contribution in [2.75, 3.05) is 0 Å². The van der Waals surface area contributed by atoms with E-state index in [9.17, 15) is 29.7 Å². The van der Waals surface area contributed by atoms with Gasteiger partial charge in [0.15, 0.2) is 11.4 Å². The van der Waals surface area contributed by atoms with Crippen LogP contribution in [0, 0.1) is 28.6 Å². The Balaban J connectivity index is 2.16. The Kier molecular flexibility index (Phi) is 5.12. The van der Waals surface area contributed by atoms with Crippen molar-refractivity contribution in [3.8, 4) is 5.75 Å². The Morgan fingerprint density at radius 2 is 1.65 bits per heavy atom. The van der Waals surface area contributed by atoms with Gasteiger partial charge in [0.1, 0.15) is 11.5 Å². The molecule has 0 spiro atoms. The molecule has 0 heterocycles. The Hall–Kier alpha value is -2.73. The molecule has 182 valence electrons. The molecule has 0 bridgehead atoms. The lowest BCUT2D eigenvalue weighted by molar-refractivity contribution is -0.194. The van der Waals surface area contributed by atoms with Gasteiger partial charge in [0.25, 0.3) is 0 Å². The van der Waals surface area contributed by atoms with Crippen LogP contribution in [0.15, 0.2) is 34.9 Å². The molecule has 3 N–H and O–H groups in total. The molecule has 34 heavy (non-hydrogen) atoms. The summed E-state index contributed by atoms with van der Waals surface area (Å²) in [7, 11) is 0. The fraction of sp³-hybridized carbons (Fsp3) is 0.536. The van der Waals surface area contributed by atoms with Crippen LogP contribution in [0.25, 0.3) is 5.76 Å². The third kappa shape index (κ3) is 2.42. The maximum absolute atomic E-state index is 14.3. The van der Waals surface area contributed by atoms with Gasteiger partial charge in [0.05, 0.1) is 11.1 Å². The van der Waals surface area contributed by atoms with Gasteiger partial charge in [-0.15, -0.1) is 0 Å². The van der Waals surface area contributed by atoms with E-state index in [-0.39, 0.29) is 34.3 Å². The quantitative estimate of drug-likeness (QED) is 0.437. The van der Waals surface area contributed by atoms with E-state index in [0.29, 0.717) is 11.1 Å². The smallest absolute Gasteiger partial charge is 0.206 e. The van der Waals surface area contributed by atoms with Crippen molar-refractivity contribution in [2.45, 2.75) is 66.9 Å². The van der Waals surface area contributed by atoms with E-state index in [1.54, 1.807) is 19.9 Å². The lowest BCUT2D eigenvalue weighted by Crippen LogP contribution is -2.74. The van der Waals surface area contributed by atoms with Gasteiger partial charge in [-0.1, -0.05) is 59.2 Å². The van der Waals surface area contributed by atoms with Crippen LogP contribution in [0.2, 0.25) is 0 Å². The monoisotopic (exact) mass is 466 g/mol. The molecular formula is C28H34O6. The number of aromatic hydroxyl groups is 1. The Bertz CT molecular complexity index is 1220. The first-order valence-corrected chi connectivity index (χ1v) is 11.9. The number of aliphatic hydroxyl groups excluding tert-OH is 1. The number of allylic oxidation sites excluding steroid dienone is 1. The summed E-state index contributed by atoms with van der Waals surface area (Å²) < 4.78 is 0. The summed E-state index contributed by atoms with van der Waals surface area (Å²) in [5, 5.41) is 34.1. The number of carbonyl (C=O) groups excluding carboxylic acids is 3. The predicted octanol–water partition coefficient (Wildman–Crippen LogP) is 4.50. The summed E-state index contributed by atoms with van der Waals surface area (Å²) in [6.45, 7) is 14.5. The highest BCUT2D eigenvalue weighted by atomic mass is 16.3. The van der Waals surface area contributed by atoms with Crippen molar-refractivity contribution < 1.29 is 29.7 Å². The highest BCUT2D eigenvalue weighted by Crippen LogP contribution is 2.70. The van der Waals surface area contributed by atoms with E-state index in [4.69, 9.17) is 0 Å². The highest BCUT2D eigenvalue weighted by molar-refractivity contribution is 6.33. The Labute approximate surface area is 200 Å². The number of hydrogen-bond acceptors (Lipinski definition) is 6. The molecule has 6 nitrogen and oxygen atoms in total.